The molecule has 2 aliphatic rings. The molecule has 0 saturated carbocycles. The van der Waals surface area contributed by atoms with Gasteiger partial charge in [0.1, 0.15) is 12.6 Å². The van der Waals surface area contributed by atoms with E-state index < -0.39 is 29.6 Å². The Kier molecular flexibility index (Phi) is 3.87. The molecule has 1 spiro atoms. The number of amides is 1. The lowest BCUT2D eigenvalue weighted by Crippen LogP contribution is -2.56. The van der Waals surface area contributed by atoms with E-state index in [1.807, 2.05) is 6.07 Å². The number of benzene rings is 1. The molecule has 1 N–H and O–H groups in total. The second-order valence-corrected chi connectivity index (χ2v) is 6.10. The minimum atomic E-state index is -1.68. The maximum absolute atomic E-state index is 12.7. The van der Waals surface area contributed by atoms with Crippen molar-refractivity contribution in [1.29, 1.82) is 0 Å². The van der Waals surface area contributed by atoms with E-state index in [2.05, 4.69) is 0 Å². The first kappa shape index (κ1) is 15.9. The van der Waals surface area contributed by atoms with E-state index >= 15 is 0 Å². The van der Waals surface area contributed by atoms with E-state index in [-0.39, 0.29) is 13.2 Å². The van der Waals surface area contributed by atoms with E-state index in [1.54, 1.807) is 24.3 Å². The molecule has 0 radical (unpaired) electrons. The average Bonchev–Trinajstić information content (AvgIpc) is 2.82. The van der Waals surface area contributed by atoms with Crippen LogP contribution in [0.25, 0.3) is 0 Å². The summed E-state index contributed by atoms with van der Waals surface area (Å²) in [5, 5.41) is 9.77. The van der Waals surface area contributed by atoms with Crippen LogP contribution in [0.5, 0.6) is 0 Å². The second-order valence-electron chi connectivity index (χ2n) is 6.10. The molecule has 1 aromatic carbocycles. The van der Waals surface area contributed by atoms with Crippen molar-refractivity contribution in [1.82, 2.24) is 0 Å². The summed E-state index contributed by atoms with van der Waals surface area (Å²) in [6.45, 7) is 3.04. The molecule has 2 atom stereocenters. The lowest BCUT2D eigenvalue weighted by Gasteiger charge is -2.36. The lowest BCUT2D eigenvalue weighted by atomic mass is 10.00. The van der Waals surface area contributed by atoms with Gasteiger partial charge in [-0.2, -0.15) is 0 Å². The number of rotatable bonds is 3. The molecule has 1 unspecified atom stereocenters. The fourth-order valence-electron chi connectivity index (χ4n) is 2.75. The van der Waals surface area contributed by atoms with Crippen molar-refractivity contribution < 1.29 is 28.9 Å². The van der Waals surface area contributed by atoms with Crippen molar-refractivity contribution in [2.75, 3.05) is 18.1 Å². The Hall–Kier alpha value is -1.96. The van der Waals surface area contributed by atoms with Gasteiger partial charge >= 0.3 is 6.09 Å². The Morgan fingerprint density at radius 1 is 1.30 bits per heavy atom. The summed E-state index contributed by atoms with van der Waals surface area (Å²) < 4.78 is 16.1. The number of aliphatic hydroxyl groups is 1. The van der Waals surface area contributed by atoms with Crippen molar-refractivity contribution in [2.24, 2.45) is 0 Å². The number of hydrogen-bond donors (Lipinski definition) is 1. The highest BCUT2D eigenvalue weighted by molar-refractivity contribution is 6.00. The van der Waals surface area contributed by atoms with Crippen molar-refractivity contribution in [3.05, 3.63) is 30.3 Å². The molecule has 7 heteroatoms. The molecule has 23 heavy (non-hydrogen) atoms. The van der Waals surface area contributed by atoms with Crippen LogP contribution >= 0.6 is 0 Å². The molecular weight excluding hydrogens is 302 g/mol. The van der Waals surface area contributed by atoms with E-state index in [1.165, 1.54) is 18.7 Å². The van der Waals surface area contributed by atoms with Gasteiger partial charge in [0.05, 0.1) is 6.61 Å². The molecule has 124 valence electrons. The summed E-state index contributed by atoms with van der Waals surface area (Å²) in [7, 11) is 0. The summed E-state index contributed by atoms with van der Waals surface area (Å²) >= 11 is 0. The van der Waals surface area contributed by atoms with Crippen molar-refractivity contribution in [3.63, 3.8) is 0 Å². The Morgan fingerprint density at radius 2 is 2.00 bits per heavy atom. The zero-order valence-corrected chi connectivity index (χ0v) is 13.0. The number of anilines is 1. The molecular formula is C16H19NO6. The fraction of sp³-hybridized carbons (Fsp3) is 0.500. The third kappa shape index (κ3) is 3.08. The molecule has 7 nitrogen and oxygen atoms in total. The normalized spacial score (nSPS) is 28.3. The number of nitrogens with zero attached hydrogens (tertiary/aromatic N) is 1. The Morgan fingerprint density at radius 3 is 2.65 bits per heavy atom. The first-order valence-corrected chi connectivity index (χ1v) is 7.45. The molecule has 0 aromatic heterocycles. The third-order valence-corrected chi connectivity index (χ3v) is 3.72. The van der Waals surface area contributed by atoms with Gasteiger partial charge in [-0.15, -0.1) is 0 Å². The van der Waals surface area contributed by atoms with Gasteiger partial charge in [-0.3, -0.25) is 9.69 Å². The Labute approximate surface area is 133 Å². The largest absolute Gasteiger partial charge is 0.417 e. The summed E-state index contributed by atoms with van der Waals surface area (Å²) in [6.07, 6.45) is -1.23. The van der Waals surface area contributed by atoms with Gasteiger partial charge in [-0.05, 0) is 26.0 Å². The number of ketones is 1. The van der Waals surface area contributed by atoms with Crippen molar-refractivity contribution in [2.45, 2.75) is 37.9 Å². The van der Waals surface area contributed by atoms with Crippen LogP contribution in [0.4, 0.5) is 10.5 Å². The summed E-state index contributed by atoms with van der Waals surface area (Å²) in [4.78, 5) is 26.2. The second kappa shape index (κ2) is 5.59. The number of para-hydroxylation sites is 1. The molecule has 1 aromatic rings. The van der Waals surface area contributed by atoms with Crippen LogP contribution in [-0.4, -0.2) is 47.8 Å². The number of Topliss-reactive ketones (excluding diaryl/α,β-unsaturated/α-hetero) is 1. The van der Waals surface area contributed by atoms with E-state index in [0.29, 0.717) is 12.1 Å². The predicted octanol–water partition coefficient (Wildman–Crippen LogP) is 1.44. The zero-order valence-electron chi connectivity index (χ0n) is 13.0. The highest BCUT2D eigenvalue weighted by Crippen LogP contribution is 2.34. The maximum atomic E-state index is 12.7. The molecule has 0 aliphatic carbocycles. The van der Waals surface area contributed by atoms with Crippen LogP contribution in [0.1, 0.15) is 20.3 Å². The van der Waals surface area contributed by atoms with Crippen LogP contribution < -0.4 is 4.90 Å². The summed E-state index contributed by atoms with van der Waals surface area (Å²) in [6, 6.07) is 8.90. The SMILES string of the molecule is CC(C)(O)O[C@@H]1CCOC2(CN(c3ccccc3)C(=O)O2)C1=O. The van der Waals surface area contributed by atoms with Gasteiger partial charge in [0, 0.05) is 12.1 Å². The van der Waals surface area contributed by atoms with Gasteiger partial charge in [0.2, 0.25) is 5.78 Å². The minimum absolute atomic E-state index is 0.0413. The van der Waals surface area contributed by atoms with E-state index in [0.717, 1.165) is 0 Å². The first-order chi connectivity index (χ1) is 10.8. The van der Waals surface area contributed by atoms with Gasteiger partial charge in [0.25, 0.3) is 5.79 Å². The monoisotopic (exact) mass is 321 g/mol. The molecule has 2 heterocycles. The van der Waals surface area contributed by atoms with Crippen LogP contribution in [0.2, 0.25) is 0 Å². The number of carbonyl (C=O) groups excluding carboxylic acids is 2. The van der Waals surface area contributed by atoms with Gasteiger partial charge in [-0.25, -0.2) is 4.79 Å². The highest BCUT2D eigenvalue weighted by atomic mass is 16.7. The smallest absolute Gasteiger partial charge is 0.407 e. The summed E-state index contributed by atoms with van der Waals surface area (Å²) in [5.41, 5.74) is 0.622. The van der Waals surface area contributed by atoms with Gasteiger partial charge < -0.3 is 19.3 Å². The number of hydrogen-bond acceptors (Lipinski definition) is 6. The van der Waals surface area contributed by atoms with Crippen molar-refractivity contribution in [3.8, 4) is 0 Å². The highest BCUT2D eigenvalue weighted by Gasteiger charge is 2.57. The Balaban J connectivity index is 1.82. The molecule has 2 fully saturated rings. The summed E-state index contributed by atoms with van der Waals surface area (Å²) in [5.74, 6) is -3.63. The van der Waals surface area contributed by atoms with Gasteiger partial charge in [-0.1, -0.05) is 18.2 Å². The van der Waals surface area contributed by atoms with Crippen LogP contribution in [0, 0.1) is 0 Å². The maximum Gasteiger partial charge on any atom is 0.417 e. The van der Waals surface area contributed by atoms with Crippen LogP contribution in [0.3, 0.4) is 0 Å². The lowest BCUT2D eigenvalue weighted by molar-refractivity contribution is -0.250. The molecule has 3 rings (SSSR count). The first-order valence-electron chi connectivity index (χ1n) is 7.45. The number of carbonyl (C=O) groups is 2. The van der Waals surface area contributed by atoms with E-state index in [4.69, 9.17) is 14.2 Å². The van der Waals surface area contributed by atoms with Gasteiger partial charge in [0.15, 0.2) is 5.79 Å². The molecule has 2 aliphatic heterocycles. The standard InChI is InChI=1S/C16H19NO6/c1-15(2,20)22-12-8-9-21-16(13(12)18)10-17(14(19)23-16)11-6-4-3-5-7-11/h3-7,12,20H,8-10H2,1-2H3/t12-,16?/m1/s1. The minimum Gasteiger partial charge on any atom is -0.407 e. The quantitative estimate of drug-likeness (QED) is 0.848. The molecule has 2 saturated heterocycles. The van der Waals surface area contributed by atoms with Crippen molar-refractivity contribution >= 4 is 17.6 Å². The molecule has 0 bridgehead atoms. The van der Waals surface area contributed by atoms with Crippen LogP contribution in [-0.2, 0) is 19.0 Å². The predicted molar refractivity (Wildman–Crippen MR) is 79.7 cm³/mol. The zero-order chi connectivity index (χ0) is 16.7. The average molecular weight is 321 g/mol. The third-order valence-electron chi connectivity index (χ3n) is 3.72. The van der Waals surface area contributed by atoms with Crippen LogP contribution in [0.15, 0.2) is 30.3 Å². The topological polar surface area (TPSA) is 85.3 Å². The van der Waals surface area contributed by atoms with E-state index in [9.17, 15) is 14.7 Å². The number of ether oxygens (including phenoxy) is 3. The fourth-order valence-corrected chi connectivity index (χ4v) is 2.75. The molecule has 1 amide bonds. The Bertz CT molecular complexity index is 611.